The van der Waals surface area contributed by atoms with Gasteiger partial charge in [-0.1, -0.05) is 0 Å². The Hall–Kier alpha value is -1.75. The van der Waals surface area contributed by atoms with Crippen LogP contribution in [0.15, 0.2) is 18.2 Å². The molecule has 0 atom stereocenters. The first kappa shape index (κ1) is 14.7. The molecule has 2 rings (SSSR count). The molecule has 4 N–H and O–H groups in total. The van der Waals surface area contributed by atoms with E-state index in [2.05, 4.69) is 10.6 Å². The Morgan fingerprint density at radius 2 is 2.25 bits per heavy atom. The number of carbonyl (C=O) groups is 1. The molecule has 1 fully saturated rings. The molecule has 1 aliphatic carbocycles. The molecule has 110 valence electrons. The summed E-state index contributed by atoms with van der Waals surface area (Å²) in [6, 6.07) is 5.73. The van der Waals surface area contributed by atoms with Gasteiger partial charge in [0.05, 0.1) is 5.56 Å². The van der Waals surface area contributed by atoms with E-state index >= 15 is 0 Å². The van der Waals surface area contributed by atoms with Crippen molar-refractivity contribution in [1.29, 1.82) is 0 Å². The van der Waals surface area contributed by atoms with Crippen LogP contribution in [0.5, 0.6) is 0 Å². The van der Waals surface area contributed by atoms with E-state index in [4.69, 9.17) is 10.5 Å². The lowest BCUT2D eigenvalue weighted by molar-refractivity contribution is 0.0952. The van der Waals surface area contributed by atoms with Gasteiger partial charge in [0.2, 0.25) is 0 Å². The summed E-state index contributed by atoms with van der Waals surface area (Å²) in [4.78, 5) is 12.2. The predicted molar refractivity (Wildman–Crippen MR) is 80.9 cm³/mol. The van der Waals surface area contributed by atoms with Gasteiger partial charge in [-0.2, -0.15) is 0 Å². The van der Waals surface area contributed by atoms with E-state index in [1.165, 1.54) is 0 Å². The van der Waals surface area contributed by atoms with Crippen LogP contribution in [0.2, 0.25) is 0 Å². The molecule has 0 heterocycles. The highest BCUT2D eigenvalue weighted by Crippen LogP contribution is 2.23. The van der Waals surface area contributed by atoms with Crippen molar-refractivity contribution in [2.45, 2.75) is 32.2 Å². The first-order valence-corrected chi connectivity index (χ1v) is 7.22. The largest absolute Gasteiger partial charge is 0.399 e. The molecule has 0 aromatic heterocycles. The van der Waals surface area contributed by atoms with Gasteiger partial charge in [0, 0.05) is 37.2 Å². The average molecular weight is 277 g/mol. The second kappa shape index (κ2) is 7.14. The van der Waals surface area contributed by atoms with Gasteiger partial charge >= 0.3 is 0 Å². The first-order valence-electron chi connectivity index (χ1n) is 7.22. The third kappa shape index (κ3) is 4.42. The lowest BCUT2D eigenvalue weighted by Crippen LogP contribution is -2.26. The van der Waals surface area contributed by atoms with Crippen LogP contribution in [0.1, 0.15) is 36.5 Å². The minimum atomic E-state index is -0.0490. The van der Waals surface area contributed by atoms with Crippen LogP contribution < -0.4 is 16.4 Å². The molecule has 0 aliphatic heterocycles. The van der Waals surface area contributed by atoms with Crippen molar-refractivity contribution in [3.8, 4) is 0 Å². The molecule has 0 unspecified atom stereocenters. The summed E-state index contributed by atoms with van der Waals surface area (Å²) < 4.78 is 5.29. The number of ether oxygens (including phenoxy) is 1. The quantitative estimate of drug-likeness (QED) is 0.502. The van der Waals surface area contributed by atoms with Crippen LogP contribution in [-0.4, -0.2) is 31.7 Å². The number of rotatable bonds is 8. The summed E-state index contributed by atoms with van der Waals surface area (Å²) in [6.07, 6.45) is 3.05. The normalized spacial score (nSPS) is 14.1. The van der Waals surface area contributed by atoms with Gasteiger partial charge in [0.1, 0.15) is 0 Å². The fourth-order valence-electron chi connectivity index (χ4n) is 1.94. The summed E-state index contributed by atoms with van der Waals surface area (Å²) in [5.74, 6) is -0.0490. The highest BCUT2D eigenvalue weighted by Gasteiger charge is 2.24. The molecule has 1 aliphatic rings. The molecule has 1 saturated carbocycles. The van der Waals surface area contributed by atoms with E-state index in [9.17, 15) is 4.79 Å². The minimum absolute atomic E-state index is 0.0490. The van der Waals surface area contributed by atoms with Gasteiger partial charge in [-0.3, -0.25) is 4.79 Å². The number of nitrogens with one attached hydrogen (secondary N) is 2. The fourth-order valence-corrected chi connectivity index (χ4v) is 1.94. The van der Waals surface area contributed by atoms with Crippen LogP contribution in [0, 0.1) is 0 Å². The van der Waals surface area contributed by atoms with E-state index in [1.54, 1.807) is 12.1 Å². The highest BCUT2D eigenvalue weighted by atomic mass is 16.5. The SMILES string of the molecule is CCOCCCNc1ccc(N)cc1C(=O)NC1CC1. The molecular formula is C15H23N3O2. The van der Waals surface area contributed by atoms with Gasteiger partial charge in [-0.05, 0) is 44.4 Å². The smallest absolute Gasteiger partial charge is 0.253 e. The summed E-state index contributed by atoms with van der Waals surface area (Å²) >= 11 is 0. The Balaban J connectivity index is 1.93. The topological polar surface area (TPSA) is 76.4 Å². The van der Waals surface area contributed by atoms with E-state index in [0.29, 0.717) is 17.3 Å². The molecule has 0 spiro atoms. The van der Waals surface area contributed by atoms with E-state index < -0.39 is 0 Å². The molecule has 0 radical (unpaired) electrons. The van der Waals surface area contributed by atoms with Crippen molar-refractivity contribution >= 4 is 17.3 Å². The lowest BCUT2D eigenvalue weighted by Gasteiger charge is -2.13. The molecule has 0 saturated heterocycles. The van der Waals surface area contributed by atoms with Gasteiger partial charge < -0.3 is 21.1 Å². The lowest BCUT2D eigenvalue weighted by atomic mass is 10.1. The number of amides is 1. The highest BCUT2D eigenvalue weighted by molar-refractivity contribution is 6.00. The average Bonchev–Trinajstić information content (AvgIpc) is 3.23. The maximum absolute atomic E-state index is 12.2. The van der Waals surface area contributed by atoms with Crippen LogP contribution in [0.25, 0.3) is 0 Å². The molecule has 0 bridgehead atoms. The molecule has 1 amide bonds. The van der Waals surface area contributed by atoms with Crippen LogP contribution in [-0.2, 0) is 4.74 Å². The zero-order valence-electron chi connectivity index (χ0n) is 11.9. The second-order valence-electron chi connectivity index (χ2n) is 5.03. The van der Waals surface area contributed by atoms with E-state index in [-0.39, 0.29) is 5.91 Å². The van der Waals surface area contributed by atoms with Crippen molar-refractivity contribution in [2.75, 3.05) is 30.8 Å². The summed E-state index contributed by atoms with van der Waals surface area (Å²) in [6.45, 7) is 4.21. The van der Waals surface area contributed by atoms with Crippen molar-refractivity contribution in [3.05, 3.63) is 23.8 Å². The summed E-state index contributed by atoms with van der Waals surface area (Å²) in [5.41, 5.74) is 7.83. The van der Waals surface area contributed by atoms with Crippen molar-refractivity contribution in [2.24, 2.45) is 0 Å². The number of nitrogen functional groups attached to an aromatic ring is 1. The number of benzene rings is 1. The van der Waals surface area contributed by atoms with Crippen molar-refractivity contribution in [1.82, 2.24) is 5.32 Å². The third-order valence-corrected chi connectivity index (χ3v) is 3.19. The van der Waals surface area contributed by atoms with Gasteiger partial charge in [0.25, 0.3) is 5.91 Å². The zero-order chi connectivity index (χ0) is 14.4. The summed E-state index contributed by atoms with van der Waals surface area (Å²) in [5, 5.41) is 6.27. The number of hydrogen-bond acceptors (Lipinski definition) is 4. The third-order valence-electron chi connectivity index (χ3n) is 3.19. The molecule has 20 heavy (non-hydrogen) atoms. The van der Waals surface area contributed by atoms with Gasteiger partial charge in [-0.25, -0.2) is 0 Å². The van der Waals surface area contributed by atoms with Gasteiger partial charge in [0.15, 0.2) is 0 Å². The Morgan fingerprint density at radius 1 is 1.45 bits per heavy atom. The molecule has 1 aromatic carbocycles. The minimum Gasteiger partial charge on any atom is -0.399 e. The van der Waals surface area contributed by atoms with Gasteiger partial charge in [-0.15, -0.1) is 0 Å². The summed E-state index contributed by atoms with van der Waals surface area (Å²) in [7, 11) is 0. The van der Waals surface area contributed by atoms with Crippen LogP contribution >= 0.6 is 0 Å². The van der Waals surface area contributed by atoms with E-state index in [0.717, 1.165) is 44.7 Å². The number of nitrogens with two attached hydrogens (primary N) is 1. The Labute approximate surface area is 119 Å². The molecule has 1 aromatic rings. The van der Waals surface area contributed by atoms with Crippen molar-refractivity contribution in [3.63, 3.8) is 0 Å². The number of carbonyl (C=O) groups excluding carboxylic acids is 1. The van der Waals surface area contributed by atoms with Crippen LogP contribution in [0.4, 0.5) is 11.4 Å². The molecule has 5 nitrogen and oxygen atoms in total. The number of hydrogen-bond donors (Lipinski definition) is 3. The van der Waals surface area contributed by atoms with Crippen molar-refractivity contribution < 1.29 is 9.53 Å². The molecular weight excluding hydrogens is 254 g/mol. The Bertz CT molecular complexity index is 458. The Morgan fingerprint density at radius 3 is 2.95 bits per heavy atom. The zero-order valence-corrected chi connectivity index (χ0v) is 11.9. The second-order valence-corrected chi connectivity index (χ2v) is 5.03. The standard InChI is InChI=1S/C15H23N3O2/c1-2-20-9-3-8-17-14-7-4-11(16)10-13(14)15(19)18-12-5-6-12/h4,7,10,12,17H,2-3,5-6,8-9,16H2,1H3,(H,18,19). The predicted octanol–water partition coefficient (Wildman–Crippen LogP) is 2.00. The monoisotopic (exact) mass is 277 g/mol. The Kier molecular flexibility index (Phi) is 5.24. The number of anilines is 2. The molecule has 5 heteroatoms. The van der Waals surface area contributed by atoms with E-state index in [1.807, 2.05) is 13.0 Å². The fraction of sp³-hybridized carbons (Fsp3) is 0.533. The maximum Gasteiger partial charge on any atom is 0.253 e. The van der Waals surface area contributed by atoms with Crippen LogP contribution in [0.3, 0.4) is 0 Å². The first-order chi connectivity index (χ1) is 9.70. The maximum atomic E-state index is 12.2.